The summed E-state index contributed by atoms with van der Waals surface area (Å²) >= 11 is 0. The Morgan fingerprint density at radius 1 is 0.381 bits per heavy atom. The Bertz CT molecular complexity index is 3070. The minimum Gasteiger partial charge on any atom is -0.311 e. The van der Waals surface area contributed by atoms with Crippen LogP contribution in [0.5, 0.6) is 0 Å². The average Bonchev–Trinajstić information content (AvgIpc) is 3.32. The molecule has 63 heavy (non-hydrogen) atoms. The van der Waals surface area contributed by atoms with Crippen molar-refractivity contribution < 1.29 is 0 Å². The fourth-order valence-electron chi connectivity index (χ4n) is 9.77. The number of hydrogen-bond acceptors (Lipinski definition) is 3. The Morgan fingerprint density at radius 3 is 1.51 bits per heavy atom. The van der Waals surface area contributed by atoms with Crippen LogP contribution in [0.4, 0.5) is 51.2 Å². The average molecular weight is 810 g/mol. The molecule has 2 heterocycles. The summed E-state index contributed by atoms with van der Waals surface area (Å²) < 4.78 is 0. The molecule has 9 aromatic carbocycles. The van der Waals surface area contributed by atoms with Crippen LogP contribution in [0, 0.1) is 6.92 Å². The molecule has 3 nitrogen and oxygen atoms in total. The van der Waals surface area contributed by atoms with E-state index in [4.69, 9.17) is 0 Å². The van der Waals surface area contributed by atoms with Gasteiger partial charge in [0, 0.05) is 45.5 Å². The number of para-hydroxylation sites is 2. The molecule has 0 fully saturated rings. The summed E-state index contributed by atoms with van der Waals surface area (Å²) in [5, 5.41) is 0. The highest BCUT2D eigenvalue weighted by Gasteiger charge is 2.44. The highest BCUT2D eigenvalue weighted by atomic mass is 15.2. The molecule has 0 unspecified atom stereocenters. The standard InChI is InChI=1S/C59H48BN3/c1-41-28-35-54-53(36-41)60-52-34-29-45(43-20-11-6-12-21-43)38-55(52)63(50-27-17-22-44(37-50)42-18-9-5-10-19-42)57-40-51(61(47-23-13-7-14-24-47)48-25-15-8-16-26-48)39-56(58(57)60)62(54)49-32-30-46(31-33-49)59(2,3)4/h5-40H,1-4H3. The van der Waals surface area contributed by atoms with Gasteiger partial charge in [0.2, 0.25) is 0 Å². The normalized spacial score (nSPS) is 12.7. The van der Waals surface area contributed by atoms with E-state index in [0.29, 0.717) is 0 Å². The molecule has 0 radical (unpaired) electrons. The highest BCUT2D eigenvalue weighted by Crippen LogP contribution is 2.49. The van der Waals surface area contributed by atoms with Gasteiger partial charge in [-0.05, 0) is 129 Å². The van der Waals surface area contributed by atoms with E-state index in [1.165, 1.54) is 66.8 Å². The Balaban J connectivity index is 1.25. The molecule has 0 saturated carbocycles. The molecule has 0 aliphatic carbocycles. The van der Waals surface area contributed by atoms with Crippen molar-refractivity contribution in [1.29, 1.82) is 0 Å². The van der Waals surface area contributed by atoms with Gasteiger partial charge in [0.15, 0.2) is 0 Å². The van der Waals surface area contributed by atoms with Crippen molar-refractivity contribution in [2.24, 2.45) is 0 Å². The van der Waals surface area contributed by atoms with Crippen molar-refractivity contribution in [3.05, 3.63) is 230 Å². The summed E-state index contributed by atoms with van der Waals surface area (Å²) in [6.07, 6.45) is 0. The molecule has 9 aromatic rings. The first-order valence-corrected chi connectivity index (χ1v) is 22.0. The third kappa shape index (κ3) is 6.80. The lowest BCUT2D eigenvalue weighted by atomic mass is 9.33. The van der Waals surface area contributed by atoms with Gasteiger partial charge in [-0.25, -0.2) is 0 Å². The Labute approximate surface area is 372 Å². The van der Waals surface area contributed by atoms with Crippen LogP contribution >= 0.6 is 0 Å². The van der Waals surface area contributed by atoms with Crippen molar-refractivity contribution in [1.82, 2.24) is 0 Å². The van der Waals surface area contributed by atoms with Gasteiger partial charge in [0.1, 0.15) is 0 Å². The summed E-state index contributed by atoms with van der Waals surface area (Å²) in [6, 6.07) is 80.5. The molecule has 0 spiro atoms. The van der Waals surface area contributed by atoms with Crippen LogP contribution in [0.15, 0.2) is 218 Å². The number of anilines is 9. The van der Waals surface area contributed by atoms with Crippen LogP contribution in [0.25, 0.3) is 22.3 Å². The SMILES string of the molecule is Cc1ccc2c(c1)B1c3ccc(-c4ccccc4)cc3N(c3cccc(-c4ccccc4)c3)c3cc(N(c4ccccc4)c4ccccc4)cc(c31)N2c1ccc(C(C)(C)C)cc1. The maximum Gasteiger partial charge on any atom is 0.252 e. The fourth-order valence-corrected chi connectivity index (χ4v) is 9.77. The van der Waals surface area contributed by atoms with E-state index in [0.717, 1.165) is 34.1 Å². The van der Waals surface area contributed by atoms with Gasteiger partial charge >= 0.3 is 0 Å². The third-order valence-electron chi connectivity index (χ3n) is 12.8. The molecule has 0 N–H and O–H groups in total. The zero-order valence-electron chi connectivity index (χ0n) is 36.2. The van der Waals surface area contributed by atoms with Crippen molar-refractivity contribution in [2.45, 2.75) is 33.1 Å². The fraction of sp³-hybridized carbons (Fsp3) is 0.0847. The summed E-state index contributed by atoms with van der Waals surface area (Å²) in [6.45, 7) is 9.07. The first kappa shape index (κ1) is 38.4. The Hall–Kier alpha value is -7.56. The van der Waals surface area contributed by atoms with Gasteiger partial charge < -0.3 is 14.7 Å². The van der Waals surface area contributed by atoms with Crippen molar-refractivity contribution in [3.63, 3.8) is 0 Å². The predicted molar refractivity (Wildman–Crippen MR) is 269 cm³/mol. The van der Waals surface area contributed by atoms with Crippen LogP contribution in [0.2, 0.25) is 0 Å². The van der Waals surface area contributed by atoms with Gasteiger partial charge in [0.25, 0.3) is 6.71 Å². The van der Waals surface area contributed by atoms with E-state index in [1.807, 2.05) is 0 Å². The molecule has 302 valence electrons. The molecule has 0 saturated heterocycles. The number of hydrogen-bond donors (Lipinski definition) is 0. The summed E-state index contributed by atoms with van der Waals surface area (Å²) in [5.74, 6) is 0. The van der Waals surface area contributed by atoms with E-state index in [2.05, 4.69) is 261 Å². The number of aryl methyl sites for hydroxylation is 1. The monoisotopic (exact) mass is 809 g/mol. The second-order valence-electron chi connectivity index (χ2n) is 17.9. The molecular weight excluding hydrogens is 761 g/mol. The minimum atomic E-state index is -0.0145. The molecule has 0 bridgehead atoms. The largest absolute Gasteiger partial charge is 0.311 e. The molecule has 2 aliphatic heterocycles. The second kappa shape index (κ2) is 15.4. The van der Waals surface area contributed by atoms with E-state index < -0.39 is 0 Å². The molecule has 0 aromatic heterocycles. The van der Waals surface area contributed by atoms with Crippen LogP contribution < -0.4 is 31.1 Å². The third-order valence-corrected chi connectivity index (χ3v) is 12.8. The first-order chi connectivity index (χ1) is 30.8. The molecule has 11 rings (SSSR count). The lowest BCUT2D eigenvalue weighted by molar-refractivity contribution is 0.590. The van der Waals surface area contributed by atoms with E-state index in [1.54, 1.807) is 0 Å². The smallest absolute Gasteiger partial charge is 0.252 e. The van der Waals surface area contributed by atoms with Crippen molar-refractivity contribution in [2.75, 3.05) is 14.7 Å². The quantitative estimate of drug-likeness (QED) is 0.149. The van der Waals surface area contributed by atoms with Crippen molar-refractivity contribution in [3.8, 4) is 22.3 Å². The van der Waals surface area contributed by atoms with E-state index >= 15 is 0 Å². The Morgan fingerprint density at radius 2 is 0.921 bits per heavy atom. The lowest BCUT2D eigenvalue weighted by Gasteiger charge is -2.45. The molecule has 2 aliphatic rings. The number of fused-ring (bicyclic) bond motifs is 4. The number of rotatable bonds is 7. The summed E-state index contributed by atoms with van der Waals surface area (Å²) in [4.78, 5) is 7.48. The van der Waals surface area contributed by atoms with E-state index in [9.17, 15) is 0 Å². The second-order valence-corrected chi connectivity index (χ2v) is 17.9. The Kier molecular flexibility index (Phi) is 9.39. The maximum atomic E-state index is 2.54. The van der Waals surface area contributed by atoms with Crippen LogP contribution in [-0.4, -0.2) is 6.71 Å². The zero-order valence-corrected chi connectivity index (χ0v) is 36.2. The minimum absolute atomic E-state index is 0.0145. The number of nitrogens with zero attached hydrogens (tertiary/aromatic N) is 3. The highest BCUT2D eigenvalue weighted by molar-refractivity contribution is 7.00. The van der Waals surface area contributed by atoms with Crippen LogP contribution in [-0.2, 0) is 5.41 Å². The van der Waals surface area contributed by atoms with Gasteiger partial charge in [0.05, 0.1) is 5.69 Å². The summed E-state index contributed by atoms with van der Waals surface area (Å²) in [5.41, 5.74) is 21.5. The number of benzene rings is 9. The molecule has 4 heteroatoms. The molecular formula is C59H48BN3. The zero-order chi connectivity index (χ0) is 42.7. The van der Waals surface area contributed by atoms with Crippen LogP contribution in [0.1, 0.15) is 31.9 Å². The van der Waals surface area contributed by atoms with Gasteiger partial charge in [-0.3, -0.25) is 0 Å². The predicted octanol–water partition coefficient (Wildman–Crippen LogP) is 14.2. The summed E-state index contributed by atoms with van der Waals surface area (Å²) in [7, 11) is 0. The first-order valence-electron chi connectivity index (χ1n) is 22.0. The van der Waals surface area contributed by atoms with Gasteiger partial charge in [-0.15, -0.1) is 0 Å². The molecule has 0 amide bonds. The van der Waals surface area contributed by atoms with Gasteiger partial charge in [-0.2, -0.15) is 0 Å². The van der Waals surface area contributed by atoms with Crippen LogP contribution in [0.3, 0.4) is 0 Å². The van der Waals surface area contributed by atoms with E-state index in [-0.39, 0.29) is 12.1 Å². The lowest BCUT2D eigenvalue weighted by Crippen LogP contribution is -2.61. The van der Waals surface area contributed by atoms with Gasteiger partial charge in [-0.1, -0.05) is 172 Å². The maximum absolute atomic E-state index is 2.54. The topological polar surface area (TPSA) is 9.72 Å². The van der Waals surface area contributed by atoms with Crippen molar-refractivity contribution >= 4 is 74.3 Å². The molecule has 0 atom stereocenters.